The highest BCUT2D eigenvalue weighted by Crippen LogP contribution is 2.15. The van der Waals surface area contributed by atoms with E-state index >= 15 is 0 Å². The fraction of sp³-hybridized carbons (Fsp3) is 0.700. The number of unbranched alkanes of at least 4 members (excludes halogenated alkanes) is 6. The van der Waals surface area contributed by atoms with Gasteiger partial charge in [-0.2, -0.15) is 0 Å². The summed E-state index contributed by atoms with van der Waals surface area (Å²) >= 11 is 0. The van der Waals surface area contributed by atoms with Crippen LogP contribution in [0.5, 0.6) is 0 Å². The van der Waals surface area contributed by atoms with Crippen molar-refractivity contribution in [1.82, 2.24) is 0 Å². The lowest BCUT2D eigenvalue weighted by atomic mass is 10.1. The summed E-state index contributed by atoms with van der Waals surface area (Å²) in [4.78, 5) is 2.43. The van der Waals surface area contributed by atoms with Gasteiger partial charge in [0.1, 0.15) is 0 Å². The van der Waals surface area contributed by atoms with Crippen molar-refractivity contribution in [3.8, 4) is 0 Å². The molecule has 0 aliphatic rings. The van der Waals surface area contributed by atoms with E-state index in [0.717, 1.165) is 32.4 Å². The molecular weight excluding hydrogens is 318 g/mol. The maximum absolute atomic E-state index is 11.7. The smallest absolute Gasteiger partial charge is 0.152 e. The minimum absolute atomic E-state index is 0.233. The summed E-state index contributed by atoms with van der Waals surface area (Å²) in [7, 11) is -2.84. The van der Waals surface area contributed by atoms with Crippen molar-refractivity contribution < 1.29 is 8.42 Å². The van der Waals surface area contributed by atoms with Crippen LogP contribution < -0.4 is 4.90 Å². The summed E-state index contributed by atoms with van der Waals surface area (Å²) in [6, 6.07) is 10.6. The summed E-state index contributed by atoms with van der Waals surface area (Å²) in [5.41, 5.74) is 1.31. The van der Waals surface area contributed by atoms with E-state index in [1.807, 2.05) is 0 Å². The first-order valence-electron chi connectivity index (χ1n) is 9.49. The van der Waals surface area contributed by atoms with Crippen LogP contribution in [0.1, 0.15) is 65.7 Å². The van der Waals surface area contributed by atoms with Crippen LogP contribution in [0.2, 0.25) is 0 Å². The monoisotopic (exact) mass is 353 g/mol. The largest absolute Gasteiger partial charge is 0.372 e. The quantitative estimate of drug-likeness (QED) is 0.465. The van der Waals surface area contributed by atoms with Crippen LogP contribution in [-0.2, 0) is 9.84 Å². The summed E-state index contributed by atoms with van der Waals surface area (Å²) in [5, 5.41) is -0.233. The Morgan fingerprint density at radius 1 is 0.875 bits per heavy atom. The number of hydrogen-bond acceptors (Lipinski definition) is 3. The molecule has 0 saturated heterocycles. The molecule has 3 nitrogen and oxygen atoms in total. The predicted octanol–water partition coefficient (Wildman–Crippen LogP) is 5.07. The van der Waals surface area contributed by atoms with E-state index < -0.39 is 9.84 Å². The third kappa shape index (κ3) is 8.18. The van der Waals surface area contributed by atoms with Crippen molar-refractivity contribution in [3.63, 3.8) is 0 Å². The summed E-state index contributed by atoms with van der Waals surface area (Å²) < 4.78 is 23.4. The summed E-state index contributed by atoms with van der Waals surface area (Å²) in [5.74, 6) is 0.354. The average molecular weight is 354 g/mol. The standard InChI is InChI=1S/C20H35NO2S/c1-4-21(20-15-11-10-12-16-20)17-13-8-6-5-7-9-14-18-24(22,23)19(2)3/h10-12,15-16,19H,4-9,13-14,17-18H2,1-3H3. The lowest BCUT2D eigenvalue weighted by Gasteiger charge is -2.23. The van der Waals surface area contributed by atoms with Crippen LogP contribution in [0.15, 0.2) is 30.3 Å². The molecule has 0 atom stereocenters. The number of nitrogens with zero attached hydrogens (tertiary/aromatic N) is 1. The van der Waals surface area contributed by atoms with Gasteiger partial charge in [0.2, 0.25) is 0 Å². The zero-order valence-electron chi connectivity index (χ0n) is 15.7. The van der Waals surface area contributed by atoms with E-state index in [1.165, 1.54) is 31.4 Å². The molecule has 0 spiro atoms. The summed E-state index contributed by atoms with van der Waals surface area (Å²) in [6.45, 7) is 7.91. The topological polar surface area (TPSA) is 37.4 Å². The second kappa shape index (κ2) is 11.5. The molecular formula is C20H35NO2S. The molecule has 0 N–H and O–H groups in total. The van der Waals surface area contributed by atoms with Crippen molar-refractivity contribution in [3.05, 3.63) is 30.3 Å². The normalized spacial score (nSPS) is 11.8. The van der Waals surface area contributed by atoms with Crippen LogP contribution in [0.4, 0.5) is 5.69 Å². The Balaban J connectivity index is 2.04. The Labute approximate surface area is 149 Å². The Morgan fingerprint density at radius 2 is 1.42 bits per heavy atom. The number of anilines is 1. The molecule has 0 radical (unpaired) electrons. The zero-order chi connectivity index (χ0) is 17.8. The molecule has 0 unspecified atom stereocenters. The van der Waals surface area contributed by atoms with Gasteiger partial charge in [-0.1, -0.05) is 50.3 Å². The van der Waals surface area contributed by atoms with Gasteiger partial charge in [0.15, 0.2) is 9.84 Å². The lowest BCUT2D eigenvalue weighted by molar-refractivity contribution is 0.568. The van der Waals surface area contributed by atoms with Gasteiger partial charge in [0.25, 0.3) is 0 Å². The van der Waals surface area contributed by atoms with Crippen LogP contribution >= 0.6 is 0 Å². The molecule has 1 aromatic carbocycles. The van der Waals surface area contributed by atoms with Gasteiger partial charge in [-0.25, -0.2) is 8.42 Å². The Morgan fingerprint density at radius 3 is 1.96 bits per heavy atom. The molecule has 0 aromatic heterocycles. The van der Waals surface area contributed by atoms with Gasteiger partial charge in [-0.05, 0) is 45.7 Å². The predicted molar refractivity (Wildman–Crippen MR) is 106 cm³/mol. The molecule has 0 aliphatic carbocycles. The van der Waals surface area contributed by atoms with E-state index in [4.69, 9.17) is 0 Å². The van der Waals surface area contributed by atoms with Gasteiger partial charge in [-0.3, -0.25) is 0 Å². The molecule has 0 heterocycles. The molecule has 0 bridgehead atoms. The van der Waals surface area contributed by atoms with Crippen LogP contribution in [0.25, 0.3) is 0 Å². The van der Waals surface area contributed by atoms with E-state index in [-0.39, 0.29) is 5.25 Å². The molecule has 1 aromatic rings. The first kappa shape index (κ1) is 21.0. The number of para-hydroxylation sites is 1. The molecule has 24 heavy (non-hydrogen) atoms. The van der Waals surface area contributed by atoms with E-state index in [1.54, 1.807) is 13.8 Å². The van der Waals surface area contributed by atoms with Crippen molar-refractivity contribution in [1.29, 1.82) is 0 Å². The Hall–Kier alpha value is -1.03. The van der Waals surface area contributed by atoms with Crippen molar-refractivity contribution in [2.24, 2.45) is 0 Å². The molecule has 0 fully saturated rings. The fourth-order valence-corrected chi connectivity index (χ4v) is 3.91. The Bertz CT molecular complexity index is 526. The second-order valence-electron chi connectivity index (χ2n) is 6.81. The molecule has 4 heteroatoms. The van der Waals surface area contributed by atoms with Crippen LogP contribution in [0, 0.1) is 0 Å². The van der Waals surface area contributed by atoms with Crippen molar-refractivity contribution in [2.75, 3.05) is 23.7 Å². The fourth-order valence-electron chi connectivity index (χ4n) is 2.83. The van der Waals surface area contributed by atoms with Crippen molar-refractivity contribution in [2.45, 2.75) is 71.0 Å². The highest BCUT2D eigenvalue weighted by Gasteiger charge is 2.14. The van der Waals surface area contributed by atoms with Crippen molar-refractivity contribution >= 4 is 15.5 Å². The lowest BCUT2D eigenvalue weighted by Crippen LogP contribution is -2.23. The molecule has 0 aliphatic heterocycles. The van der Waals surface area contributed by atoms with Gasteiger partial charge in [0, 0.05) is 18.8 Å². The van der Waals surface area contributed by atoms with Gasteiger partial charge in [0.05, 0.1) is 11.0 Å². The van der Waals surface area contributed by atoms with E-state index in [2.05, 4.69) is 42.2 Å². The maximum Gasteiger partial charge on any atom is 0.152 e. The second-order valence-corrected chi connectivity index (χ2v) is 9.48. The third-order valence-electron chi connectivity index (χ3n) is 4.58. The zero-order valence-corrected chi connectivity index (χ0v) is 16.5. The molecule has 138 valence electrons. The summed E-state index contributed by atoms with van der Waals surface area (Å²) in [6.07, 6.45) is 7.97. The molecule has 0 amide bonds. The van der Waals surface area contributed by atoms with Gasteiger partial charge >= 0.3 is 0 Å². The minimum atomic E-state index is -2.84. The number of rotatable bonds is 13. The third-order valence-corrected chi connectivity index (χ3v) is 6.87. The Kier molecular flexibility index (Phi) is 10.1. The van der Waals surface area contributed by atoms with E-state index in [0.29, 0.717) is 5.75 Å². The maximum atomic E-state index is 11.7. The minimum Gasteiger partial charge on any atom is -0.372 e. The molecule has 1 rings (SSSR count). The number of benzene rings is 1. The first-order valence-corrected chi connectivity index (χ1v) is 11.2. The van der Waals surface area contributed by atoms with Crippen LogP contribution in [0.3, 0.4) is 0 Å². The SMILES string of the molecule is CCN(CCCCCCCCCS(=O)(=O)C(C)C)c1ccccc1. The average Bonchev–Trinajstić information content (AvgIpc) is 2.57. The number of sulfone groups is 1. The van der Waals surface area contributed by atoms with Crippen LogP contribution in [-0.4, -0.2) is 32.5 Å². The first-order chi connectivity index (χ1) is 11.5. The highest BCUT2D eigenvalue weighted by molar-refractivity contribution is 7.91. The van der Waals surface area contributed by atoms with Gasteiger partial charge < -0.3 is 4.90 Å². The molecule has 0 saturated carbocycles. The highest BCUT2D eigenvalue weighted by atomic mass is 32.2. The number of hydrogen-bond donors (Lipinski definition) is 0. The van der Waals surface area contributed by atoms with E-state index in [9.17, 15) is 8.42 Å². The van der Waals surface area contributed by atoms with Gasteiger partial charge in [-0.15, -0.1) is 0 Å².